The highest BCUT2D eigenvalue weighted by atomic mass is 16.5. The van der Waals surface area contributed by atoms with Gasteiger partial charge < -0.3 is 10.5 Å². The minimum absolute atomic E-state index is 0.0608. The zero-order chi connectivity index (χ0) is 11.3. The molecule has 0 aromatic carbocycles. The number of nitrogens with two attached hydrogens (primary N) is 1. The van der Waals surface area contributed by atoms with Crippen LogP contribution in [0.15, 0.2) is 0 Å². The van der Waals surface area contributed by atoms with Crippen LogP contribution in [-0.2, 0) is 9.53 Å². The average molecular weight is 204 g/mol. The van der Waals surface area contributed by atoms with E-state index in [1.165, 1.54) is 0 Å². The highest BCUT2D eigenvalue weighted by Gasteiger charge is 2.07. The number of H-pyrrole nitrogens is 1. The molecule has 1 heterocycles. The first-order valence-electron chi connectivity index (χ1n) is 4.11. The van der Waals surface area contributed by atoms with Crippen molar-refractivity contribution in [2.24, 2.45) is 0 Å². The number of anilines is 1. The molecule has 0 atom stereocenters. The SMILES string of the molecule is CCOC(=O)C#Cc1[nH]nc(N)c1C#N. The average Bonchev–Trinajstić information content (AvgIpc) is 2.56. The molecule has 0 spiro atoms. The number of carbonyl (C=O) groups is 1. The van der Waals surface area contributed by atoms with Crippen molar-refractivity contribution in [1.82, 2.24) is 10.2 Å². The smallest absolute Gasteiger partial charge is 0.384 e. The van der Waals surface area contributed by atoms with Gasteiger partial charge in [-0.3, -0.25) is 5.10 Å². The summed E-state index contributed by atoms with van der Waals surface area (Å²) < 4.78 is 4.58. The summed E-state index contributed by atoms with van der Waals surface area (Å²) in [6.07, 6.45) is 0. The van der Waals surface area contributed by atoms with E-state index < -0.39 is 5.97 Å². The number of esters is 1. The second-order valence-corrected chi connectivity index (χ2v) is 2.44. The van der Waals surface area contributed by atoms with Crippen LogP contribution in [0.4, 0.5) is 5.82 Å². The molecule has 1 rings (SSSR count). The number of aromatic amines is 1. The van der Waals surface area contributed by atoms with Gasteiger partial charge in [0.05, 0.1) is 6.61 Å². The summed E-state index contributed by atoms with van der Waals surface area (Å²) in [6, 6.07) is 1.83. The van der Waals surface area contributed by atoms with E-state index >= 15 is 0 Å². The van der Waals surface area contributed by atoms with Gasteiger partial charge in [0.1, 0.15) is 17.3 Å². The predicted octanol–water partition coefficient (Wildman–Crippen LogP) is -0.222. The Labute approximate surface area is 86.0 Å². The van der Waals surface area contributed by atoms with Crippen LogP contribution < -0.4 is 5.73 Å². The summed E-state index contributed by atoms with van der Waals surface area (Å²) in [7, 11) is 0. The fraction of sp³-hybridized carbons (Fsp3) is 0.222. The third-order valence-electron chi connectivity index (χ3n) is 1.47. The molecule has 0 saturated carbocycles. The lowest BCUT2D eigenvalue weighted by Crippen LogP contribution is -1.99. The van der Waals surface area contributed by atoms with Gasteiger partial charge in [-0.15, -0.1) is 0 Å². The Bertz CT molecular complexity index is 473. The maximum absolute atomic E-state index is 10.9. The maximum Gasteiger partial charge on any atom is 0.384 e. The van der Waals surface area contributed by atoms with Crippen molar-refractivity contribution in [3.8, 4) is 17.9 Å². The molecule has 0 amide bonds. The molecule has 6 nitrogen and oxygen atoms in total. The molecule has 1 aromatic rings. The van der Waals surface area contributed by atoms with Crippen molar-refractivity contribution in [3.05, 3.63) is 11.3 Å². The Balaban J connectivity index is 2.90. The van der Waals surface area contributed by atoms with Gasteiger partial charge in [0, 0.05) is 5.92 Å². The molecule has 0 saturated heterocycles. The van der Waals surface area contributed by atoms with E-state index in [9.17, 15) is 4.79 Å². The molecular formula is C9H8N4O2. The molecule has 0 aliphatic rings. The molecule has 6 heteroatoms. The van der Waals surface area contributed by atoms with Gasteiger partial charge in [0.2, 0.25) is 0 Å². The monoisotopic (exact) mass is 204 g/mol. The minimum atomic E-state index is -0.658. The van der Waals surface area contributed by atoms with E-state index in [0.717, 1.165) is 0 Å². The fourth-order valence-electron chi connectivity index (χ4n) is 0.840. The standard InChI is InChI=1S/C9H8N4O2/c1-2-15-8(14)4-3-7-6(5-10)9(11)13-12-7/h2H2,1H3,(H3,11,12,13). The zero-order valence-electron chi connectivity index (χ0n) is 8.00. The lowest BCUT2D eigenvalue weighted by atomic mass is 10.2. The molecule has 1 aromatic heterocycles. The molecule has 0 aliphatic carbocycles. The number of nitrogens with one attached hydrogen (secondary N) is 1. The quantitative estimate of drug-likeness (QED) is 0.486. The van der Waals surface area contributed by atoms with Gasteiger partial charge in [-0.05, 0) is 12.8 Å². The predicted molar refractivity (Wildman–Crippen MR) is 51.2 cm³/mol. The van der Waals surface area contributed by atoms with Crippen LogP contribution in [0.2, 0.25) is 0 Å². The topological polar surface area (TPSA) is 105 Å². The normalized spacial score (nSPS) is 8.53. The largest absolute Gasteiger partial charge is 0.456 e. The van der Waals surface area contributed by atoms with Crippen LogP contribution >= 0.6 is 0 Å². The third kappa shape index (κ3) is 2.48. The van der Waals surface area contributed by atoms with E-state index in [4.69, 9.17) is 11.0 Å². The van der Waals surface area contributed by atoms with Gasteiger partial charge in [0.25, 0.3) is 0 Å². The Hall–Kier alpha value is -2.47. The first kappa shape index (κ1) is 10.6. The molecule has 76 valence electrons. The summed E-state index contributed by atoms with van der Waals surface area (Å²) in [4.78, 5) is 10.9. The Morgan fingerprint density at radius 3 is 3.07 bits per heavy atom. The molecule has 0 unspecified atom stereocenters. The number of hydrogen-bond donors (Lipinski definition) is 2. The summed E-state index contributed by atoms with van der Waals surface area (Å²) in [5.41, 5.74) is 5.71. The number of nitrogen functional groups attached to an aromatic ring is 1. The number of carbonyl (C=O) groups excluding carboxylic acids is 1. The van der Waals surface area contributed by atoms with E-state index in [1.807, 2.05) is 6.07 Å². The van der Waals surface area contributed by atoms with Crippen LogP contribution in [0.25, 0.3) is 0 Å². The van der Waals surface area contributed by atoms with Gasteiger partial charge in [-0.2, -0.15) is 10.4 Å². The van der Waals surface area contributed by atoms with Crippen LogP contribution in [0.1, 0.15) is 18.2 Å². The summed E-state index contributed by atoms with van der Waals surface area (Å²) >= 11 is 0. The van der Waals surface area contributed by atoms with E-state index in [0.29, 0.717) is 0 Å². The van der Waals surface area contributed by atoms with E-state index in [1.54, 1.807) is 6.92 Å². The number of ether oxygens (including phenoxy) is 1. The van der Waals surface area contributed by atoms with Crippen molar-refractivity contribution in [1.29, 1.82) is 5.26 Å². The molecule has 0 fully saturated rings. The number of rotatable bonds is 1. The molecule has 0 bridgehead atoms. The van der Waals surface area contributed by atoms with Crippen LogP contribution in [0, 0.1) is 23.2 Å². The lowest BCUT2D eigenvalue weighted by Gasteiger charge is -1.90. The number of aromatic nitrogens is 2. The highest BCUT2D eigenvalue weighted by molar-refractivity contribution is 5.89. The second-order valence-electron chi connectivity index (χ2n) is 2.44. The molecule has 0 aliphatic heterocycles. The van der Waals surface area contributed by atoms with E-state index in [2.05, 4.69) is 26.8 Å². The fourth-order valence-corrected chi connectivity index (χ4v) is 0.840. The minimum Gasteiger partial charge on any atom is -0.456 e. The van der Waals surface area contributed by atoms with Crippen molar-refractivity contribution in [3.63, 3.8) is 0 Å². The number of hydrogen-bond acceptors (Lipinski definition) is 5. The summed E-state index contributed by atoms with van der Waals surface area (Å²) in [5, 5.41) is 14.7. The van der Waals surface area contributed by atoms with Crippen LogP contribution in [0.5, 0.6) is 0 Å². The Morgan fingerprint density at radius 1 is 1.73 bits per heavy atom. The molecular weight excluding hydrogens is 196 g/mol. The zero-order valence-corrected chi connectivity index (χ0v) is 8.00. The van der Waals surface area contributed by atoms with Gasteiger partial charge >= 0.3 is 5.97 Å². The first-order chi connectivity index (χ1) is 7.19. The molecule has 0 radical (unpaired) electrons. The van der Waals surface area contributed by atoms with Crippen LogP contribution in [-0.4, -0.2) is 22.8 Å². The third-order valence-corrected chi connectivity index (χ3v) is 1.47. The Morgan fingerprint density at radius 2 is 2.47 bits per heavy atom. The Kier molecular flexibility index (Phi) is 3.31. The number of nitrogens with zero attached hydrogens (tertiary/aromatic N) is 2. The summed E-state index contributed by atoms with van der Waals surface area (Å²) in [6.45, 7) is 1.93. The lowest BCUT2D eigenvalue weighted by molar-refractivity contribution is -0.136. The summed E-state index contributed by atoms with van der Waals surface area (Å²) in [5.74, 6) is 4.03. The van der Waals surface area contributed by atoms with Crippen molar-refractivity contribution >= 4 is 11.8 Å². The second kappa shape index (κ2) is 4.68. The van der Waals surface area contributed by atoms with Gasteiger partial charge in [0.15, 0.2) is 5.82 Å². The number of nitriles is 1. The van der Waals surface area contributed by atoms with Gasteiger partial charge in [-0.1, -0.05) is 0 Å². The van der Waals surface area contributed by atoms with Gasteiger partial charge in [-0.25, -0.2) is 4.79 Å². The van der Waals surface area contributed by atoms with Crippen molar-refractivity contribution in [2.45, 2.75) is 6.92 Å². The van der Waals surface area contributed by atoms with Crippen LogP contribution in [0.3, 0.4) is 0 Å². The highest BCUT2D eigenvalue weighted by Crippen LogP contribution is 2.09. The van der Waals surface area contributed by atoms with Crippen molar-refractivity contribution < 1.29 is 9.53 Å². The first-order valence-corrected chi connectivity index (χ1v) is 4.11. The molecule has 3 N–H and O–H groups in total. The molecule has 15 heavy (non-hydrogen) atoms. The maximum atomic E-state index is 10.9. The van der Waals surface area contributed by atoms with E-state index in [-0.39, 0.29) is 23.7 Å². The van der Waals surface area contributed by atoms with Crippen molar-refractivity contribution in [2.75, 3.05) is 12.3 Å².